The van der Waals surface area contributed by atoms with Crippen LogP contribution in [-0.2, 0) is 0 Å². The summed E-state index contributed by atoms with van der Waals surface area (Å²) < 4.78 is 0. The molecule has 5 heterocycles. The zero-order valence-electron chi connectivity index (χ0n) is 22.7. The van der Waals surface area contributed by atoms with Gasteiger partial charge in [-0.25, -0.2) is 0 Å². The average Bonchev–Trinajstić information content (AvgIpc) is 3.04. The molecule has 0 N–H and O–H groups in total. The van der Waals surface area contributed by atoms with Crippen LogP contribution in [0.15, 0.2) is 0 Å². The molecule has 0 aromatic carbocycles. The van der Waals surface area contributed by atoms with E-state index in [1.165, 1.54) is 103 Å². The quantitative estimate of drug-likeness (QED) is 0.457. The third-order valence-electron chi connectivity index (χ3n) is 9.06. The number of hydrogen-bond acceptors (Lipinski definition) is 3. The van der Waals surface area contributed by atoms with Crippen molar-refractivity contribution in [1.29, 1.82) is 0 Å². The lowest BCUT2D eigenvalue weighted by molar-refractivity contribution is 0.0140. The third kappa shape index (κ3) is 7.19. The van der Waals surface area contributed by atoms with Crippen LogP contribution in [0.5, 0.6) is 0 Å². The van der Waals surface area contributed by atoms with Crippen molar-refractivity contribution in [3.63, 3.8) is 0 Å². The van der Waals surface area contributed by atoms with Crippen LogP contribution in [0.1, 0.15) is 131 Å². The normalized spacial score (nSPS) is 33.7. The minimum absolute atomic E-state index is 0.769. The lowest BCUT2D eigenvalue weighted by Crippen LogP contribution is -2.52. The number of likely N-dealkylation sites (tertiary alicyclic amines) is 1. The van der Waals surface area contributed by atoms with Gasteiger partial charge < -0.3 is 4.90 Å². The number of nitrogens with zero attached hydrogens (tertiary/aromatic N) is 3. The molecule has 3 heteroatoms. The van der Waals surface area contributed by atoms with Gasteiger partial charge in [0.25, 0.3) is 0 Å². The second-order valence-corrected chi connectivity index (χ2v) is 12.3. The van der Waals surface area contributed by atoms with Crippen LogP contribution < -0.4 is 0 Å². The number of piperidine rings is 4. The molecule has 0 amide bonds. The highest BCUT2D eigenvalue weighted by Gasteiger charge is 2.37. The lowest BCUT2D eigenvalue weighted by Gasteiger charge is -2.48. The van der Waals surface area contributed by atoms with Gasteiger partial charge in [-0.05, 0) is 119 Å². The van der Waals surface area contributed by atoms with Crippen LogP contribution >= 0.6 is 0 Å². The van der Waals surface area contributed by atoms with Crippen LogP contribution in [0.3, 0.4) is 0 Å². The highest BCUT2D eigenvalue weighted by atomic mass is 15.2. The average molecular weight is 448 g/mol. The Bertz CT molecular complexity index is 473. The first-order chi connectivity index (χ1) is 15.4. The molecule has 5 saturated heterocycles. The molecule has 0 aromatic rings. The molecule has 0 radical (unpaired) electrons. The molecule has 0 aromatic heterocycles. The highest BCUT2D eigenvalue weighted by molar-refractivity contribution is 4.93. The summed E-state index contributed by atoms with van der Waals surface area (Å²) >= 11 is 0. The Balaban J connectivity index is 0.000000137. The molecule has 5 aliphatic heterocycles. The number of hydrogen-bond donors (Lipinski definition) is 0. The molecule has 188 valence electrons. The van der Waals surface area contributed by atoms with Crippen LogP contribution in [0.4, 0.5) is 0 Å². The first kappa shape index (κ1) is 26.5. The molecule has 5 fully saturated rings. The Morgan fingerprint density at radius 1 is 0.406 bits per heavy atom. The predicted octanol–water partition coefficient (Wildman–Crippen LogP) is 7.09. The zero-order chi connectivity index (χ0) is 23.1. The SMILES string of the molecule is CC(C)N1C2CCCC1CC2.CC(C)N1C2CCCC1CCC2.CC(C)N1CCCCC1. The second-order valence-electron chi connectivity index (χ2n) is 12.3. The van der Waals surface area contributed by atoms with Crippen LogP contribution in [-0.4, -0.2) is 70.1 Å². The van der Waals surface area contributed by atoms with Gasteiger partial charge in [0.05, 0.1) is 0 Å². The number of fused-ring (bicyclic) bond motifs is 4. The van der Waals surface area contributed by atoms with Gasteiger partial charge in [-0.15, -0.1) is 0 Å². The molecule has 2 atom stereocenters. The maximum Gasteiger partial charge on any atom is 0.0101 e. The molecule has 0 spiro atoms. The molecule has 3 nitrogen and oxygen atoms in total. The van der Waals surface area contributed by atoms with Gasteiger partial charge in [0.1, 0.15) is 0 Å². The Morgan fingerprint density at radius 2 is 0.750 bits per heavy atom. The fourth-order valence-corrected chi connectivity index (χ4v) is 7.64. The van der Waals surface area contributed by atoms with Crippen molar-refractivity contribution in [2.45, 2.75) is 174 Å². The molecule has 5 aliphatic rings. The largest absolute Gasteiger partial charge is 0.301 e. The summed E-state index contributed by atoms with van der Waals surface area (Å²) in [4.78, 5) is 8.10. The fraction of sp³-hybridized carbons (Fsp3) is 1.00. The monoisotopic (exact) mass is 447 g/mol. The molecular formula is C29H57N3. The molecule has 2 unspecified atom stereocenters. The van der Waals surface area contributed by atoms with Gasteiger partial charge in [0.15, 0.2) is 0 Å². The van der Waals surface area contributed by atoms with Crippen molar-refractivity contribution in [1.82, 2.24) is 14.7 Å². The molecule has 0 aliphatic carbocycles. The molecule has 4 bridgehead atoms. The third-order valence-corrected chi connectivity index (χ3v) is 9.06. The van der Waals surface area contributed by atoms with Gasteiger partial charge in [-0.1, -0.05) is 25.7 Å². The summed E-state index contributed by atoms with van der Waals surface area (Å²) in [6.07, 6.45) is 20.5. The van der Waals surface area contributed by atoms with E-state index in [-0.39, 0.29) is 0 Å². The Kier molecular flexibility index (Phi) is 10.8. The summed E-state index contributed by atoms with van der Waals surface area (Å²) in [7, 11) is 0. The van der Waals surface area contributed by atoms with Gasteiger partial charge in [-0.2, -0.15) is 0 Å². The van der Waals surface area contributed by atoms with E-state index in [0.29, 0.717) is 0 Å². The van der Waals surface area contributed by atoms with Crippen molar-refractivity contribution >= 4 is 0 Å². The standard InChI is InChI=1S/C11H21N.C10H19N.C8H17N/c1-9(2)12-10-5-3-6-11(12)8-4-7-10;1-8(2)11-9-4-3-5-10(11)7-6-9;1-8(2)9-6-4-3-5-7-9/h9-11H,3-8H2,1-2H3;8-10H,3-7H2,1-2H3;8H,3-7H2,1-2H3. The molecule has 32 heavy (non-hydrogen) atoms. The van der Waals surface area contributed by atoms with E-state index in [2.05, 4.69) is 56.2 Å². The summed E-state index contributed by atoms with van der Waals surface area (Å²) in [6.45, 7) is 16.6. The van der Waals surface area contributed by atoms with Gasteiger partial charge >= 0.3 is 0 Å². The van der Waals surface area contributed by atoms with E-state index in [1.54, 1.807) is 0 Å². The van der Waals surface area contributed by atoms with Crippen molar-refractivity contribution in [2.75, 3.05) is 13.1 Å². The Hall–Kier alpha value is -0.120. The Morgan fingerprint density at radius 3 is 1.00 bits per heavy atom. The Labute approximate surface area is 201 Å². The lowest BCUT2D eigenvalue weighted by atomic mass is 9.83. The van der Waals surface area contributed by atoms with Crippen LogP contribution in [0.25, 0.3) is 0 Å². The molecule has 0 saturated carbocycles. The maximum absolute atomic E-state index is 2.78. The zero-order valence-corrected chi connectivity index (χ0v) is 22.7. The van der Waals surface area contributed by atoms with E-state index in [9.17, 15) is 0 Å². The summed E-state index contributed by atoms with van der Waals surface area (Å²) in [5.41, 5.74) is 0. The predicted molar refractivity (Wildman–Crippen MR) is 140 cm³/mol. The van der Waals surface area contributed by atoms with E-state index < -0.39 is 0 Å². The van der Waals surface area contributed by atoms with E-state index >= 15 is 0 Å². The minimum Gasteiger partial charge on any atom is -0.301 e. The van der Waals surface area contributed by atoms with Crippen molar-refractivity contribution < 1.29 is 0 Å². The first-order valence-corrected chi connectivity index (χ1v) is 14.7. The van der Waals surface area contributed by atoms with Gasteiger partial charge in [-0.3, -0.25) is 9.80 Å². The van der Waals surface area contributed by atoms with Gasteiger partial charge in [0.2, 0.25) is 0 Å². The summed E-state index contributed by atoms with van der Waals surface area (Å²) in [5.74, 6) is 0. The summed E-state index contributed by atoms with van der Waals surface area (Å²) in [6, 6.07) is 6.12. The summed E-state index contributed by atoms with van der Waals surface area (Å²) in [5, 5.41) is 0. The molecular weight excluding hydrogens is 390 g/mol. The van der Waals surface area contributed by atoms with Crippen molar-refractivity contribution in [3.8, 4) is 0 Å². The van der Waals surface area contributed by atoms with Crippen molar-refractivity contribution in [3.05, 3.63) is 0 Å². The van der Waals surface area contributed by atoms with E-state index in [1.807, 2.05) is 0 Å². The van der Waals surface area contributed by atoms with Crippen molar-refractivity contribution in [2.24, 2.45) is 0 Å². The van der Waals surface area contributed by atoms with Crippen LogP contribution in [0.2, 0.25) is 0 Å². The maximum atomic E-state index is 2.78. The number of rotatable bonds is 3. The fourth-order valence-electron chi connectivity index (χ4n) is 7.64. The smallest absolute Gasteiger partial charge is 0.0101 e. The second kappa shape index (κ2) is 13.1. The highest BCUT2D eigenvalue weighted by Crippen LogP contribution is 2.37. The molecule has 5 rings (SSSR count). The topological polar surface area (TPSA) is 9.72 Å². The first-order valence-electron chi connectivity index (χ1n) is 14.7. The minimum atomic E-state index is 0.769. The van der Waals surface area contributed by atoms with Crippen LogP contribution in [0, 0.1) is 0 Å². The van der Waals surface area contributed by atoms with E-state index in [0.717, 1.165) is 42.3 Å². The van der Waals surface area contributed by atoms with E-state index in [4.69, 9.17) is 0 Å². The van der Waals surface area contributed by atoms with Gasteiger partial charge in [0, 0.05) is 42.3 Å².